The van der Waals surface area contributed by atoms with Gasteiger partial charge in [-0.05, 0) is 32.8 Å². The van der Waals surface area contributed by atoms with Crippen molar-refractivity contribution in [1.82, 2.24) is 5.48 Å². The Labute approximate surface area is 150 Å². The van der Waals surface area contributed by atoms with Crippen LogP contribution in [0.3, 0.4) is 0 Å². The molecular weight excluding hydrogens is 322 g/mol. The summed E-state index contributed by atoms with van der Waals surface area (Å²) in [5.74, 6) is 0.385. The number of aliphatic hydroxyl groups excluding tert-OH is 1. The Morgan fingerprint density at radius 1 is 1.12 bits per heavy atom. The summed E-state index contributed by atoms with van der Waals surface area (Å²) in [6.45, 7) is 10.0. The van der Waals surface area contributed by atoms with Gasteiger partial charge in [-0.15, -0.1) is 0 Å². The second-order valence-corrected chi connectivity index (χ2v) is 6.39. The SMILES string of the molecule is CCCC(NOC(C)(C)C)=C(O)CC.O=C(O)OCc1ccccc1. The normalized spacial score (nSPS) is 11.7. The van der Waals surface area contributed by atoms with Gasteiger partial charge in [0.15, 0.2) is 0 Å². The predicted molar refractivity (Wildman–Crippen MR) is 98.1 cm³/mol. The number of hydrogen-bond acceptors (Lipinski definition) is 5. The molecular formula is C19H31NO5. The molecule has 0 fully saturated rings. The molecule has 1 aromatic carbocycles. The molecule has 0 atom stereocenters. The zero-order valence-electron chi connectivity index (χ0n) is 15.8. The molecule has 1 rings (SSSR count). The summed E-state index contributed by atoms with van der Waals surface area (Å²) in [4.78, 5) is 15.3. The number of carboxylic acid groups (broad SMARTS) is 1. The maximum Gasteiger partial charge on any atom is 0.506 e. The van der Waals surface area contributed by atoms with Gasteiger partial charge in [-0.3, -0.25) is 10.3 Å². The molecule has 0 saturated heterocycles. The number of ether oxygens (including phenoxy) is 1. The minimum absolute atomic E-state index is 0.121. The fourth-order valence-corrected chi connectivity index (χ4v) is 1.65. The molecule has 6 nitrogen and oxygen atoms in total. The first-order valence-electron chi connectivity index (χ1n) is 8.44. The monoisotopic (exact) mass is 353 g/mol. The van der Waals surface area contributed by atoms with E-state index in [1.807, 2.05) is 58.0 Å². The highest BCUT2D eigenvalue weighted by atomic mass is 16.7. The van der Waals surface area contributed by atoms with Crippen LogP contribution in [0.5, 0.6) is 0 Å². The van der Waals surface area contributed by atoms with Crippen LogP contribution < -0.4 is 5.48 Å². The van der Waals surface area contributed by atoms with Crippen LogP contribution in [0.15, 0.2) is 41.8 Å². The Hall–Kier alpha value is -2.21. The summed E-state index contributed by atoms with van der Waals surface area (Å²) >= 11 is 0. The van der Waals surface area contributed by atoms with Crippen molar-refractivity contribution in [2.24, 2.45) is 0 Å². The van der Waals surface area contributed by atoms with Gasteiger partial charge in [0.1, 0.15) is 12.4 Å². The van der Waals surface area contributed by atoms with E-state index in [-0.39, 0.29) is 12.2 Å². The Morgan fingerprint density at radius 2 is 1.72 bits per heavy atom. The third kappa shape index (κ3) is 12.8. The second kappa shape index (κ2) is 12.2. The number of rotatable bonds is 7. The van der Waals surface area contributed by atoms with Crippen molar-refractivity contribution in [2.45, 2.75) is 66.1 Å². The van der Waals surface area contributed by atoms with Crippen LogP contribution in [0.2, 0.25) is 0 Å². The highest BCUT2D eigenvalue weighted by Crippen LogP contribution is 2.12. The van der Waals surface area contributed by atoms with Gasteiger partial charge in [-0.1, -0.05) is 50.6 Å². The van der Waals surface area contributed by atoms with Gasteiger partial charge in [-0.25, -0.2) is 4.79 Å². The zero-order chi connectivity index (χ0) is 19.3. The molecule has 0 aromatic heterocycles. The summed E-state index contributed by atoms with van der Waals surface area (Å²) < 4.78 is 4.34. The van der Waals surface area contributed by atoms with Gasteiger partial charge in [0.05, 0.1) is 11.3 Å². The van der Waals surface area contributed by atoms with E-state index < -0.39 is 6.16 Å². The minimum Gasteiger partial charge on any atom is -0.510 e. The molecule has 3 N–H and O–H groups in total. The molecule has 142 valence electrons. The van der Waals surface area contributed by atoms with E-state index in [0.29, 0.717) is 12.2 Å². The molecule has 0 bridgehead atoms. The number of carbonyl (C=O) groups is 1. The van der Waals surface area contributed by atoms with E-state index in [1.54, 1.807) is 0 Å². The molecule has 6 heteroatoms. The number of hydroxylamine groups is 1. The summed E-state index contributed by atoms with van der Waals surface area (Å²) in [6.07, 6.45) is 1.19. The van der Waals surface area contributed by atoms with Crippen LogP contribution >= 0.6 is 0 Å². The van der Waals surface area contributed by atoms with E-state index >= 15 is 0 Å². The lowest BCUT2D eigenvalue weighted by Crippen LogP contribution is -2.29. The molecule has 0 amide bonds. The van der Waals surface area contributed by atoms with Gasteiger partial charge in [-0.2, -0.15) is 0 Å². The van der Waals surface area contributed by atoms with Crippen molar-refractivity contribution >= 4 is 6.16 Å². The van der Waals surface area contributed by atoms with Gasteiger partial charge in [0.25, 0.3) is 0 Å². The second-order valence-electron chi connectivity index (χ2n) is 6.39. The average Bonchev–Trinajstić information content (AvgIpc) is 2.56. The van der Waals surface area contributed by atoms with Crippen LogP contribution in [0.4, 0.5) is 4.79 Å². The molecule has 0 aliphatic rings. The lowest BCUT2D eigenvalue weighted by Gasteiger charge is -2.22. The third-order valence-electron chi connectivity index (χ3n) is 2.87. The summed E-state index contributed by atoms with van der Waals surface area (Å²) in [5.41, 5.74) is 4.25. The Balaban J connectivity index is 0.000000472. The van der Waals surface area contributed by atoms with Gasteiger partial charge in [0, 0.05) is 6.42 Å². The van der Waals surface area contributed by atoms with Crippen molar-refractivity contribution in [3.63, 3.8) is 0 Å². The first-order valence-corrected chi connectivity index (χ1v) is 8.44. The molecule has 0 saturated carbocycles. The van der Waals surface area contributed by atoms with Crippen molar-refractivity contribution < 1.29 is 24.6 Å². The summed E-state index contributed by atoms with van der Waals surface area (Å²) in [6, 6.07) is 9.15. The lowest BCUT2D eigenvalue weighted by atomic mass is 10.2. The van der Waals surface area contributed by atoms with Crippen LogP contribution in [-0.2, 0) is 16.2 Å². The van der Waals surface area contributed by atoms with Crippen molar-refractivity contribution in [3.8, 4) is 0 Å². The molecule has 0 unspecified atom stereocenters. The highest BCUT2D eigenvalue weighted by Gasteiger charge is 2.12. The fourth-order valence-electron chi connectivity index (χ4n) is 1.65. The number of allylic oxidation sites excluding steroid dienone is 2. The molecule has 1 aromatic rings. The van der Waals surface area contributed by atoms with E-state index in [2.05, 4.69) is 17.1 Å². The number of nitrogens with one attached hydrogen (secondary N) is 1. The Kier molecular flexibility index (Phi) is 11.1. The van der Waals surface area contributed by atoms with Crippen molar-refractivity contribution in [3.05, 3.63) is 47.4 Å². The molecule has 0 spiro atoms. The average molecular weight is 353 g/mol. The van der Waals surface area contributed by atoms with Gasteiger partial charge < -0.3 is 14.9 Å². The highest BCUT2D eigenvalue weighted by molar-refractivity contribution is 5.56. The first kappa shape index (κ1) is 22.8. The molecule has 0 radical (unpaired) electrons. The summed E-state index contributed by atoms with van der Waals surface area (Å²) in [5, 5.41) is 17.7. The zero-order valence-corrected chi connectivity index (χ0v) is 15.8. The number of hydrogen-bond donors (Lipinski definition) is 3. The van der Waals surface area contributed by atoms with Crippen molar-refractivity contribution in [1.29, 1.82) is 0 Å². The van der Waals surface area contributed by atoms with E-state index in [9.17, 15) is 9.90 Å². The maximum atomic E-state index is 9.95. The maximum absolute atomic E-state index is 9.95. The van der Waals surface area contributed by atoms with E-state index in [1.165, 1.54) is 0 Å². The molecule has 25 heavy (non-hydrogen) atoms. The third-order valence-corrected chi connectivity index (χ3v) is 2.87. The number of aliphatic hydroxyl groups is 1. The molecule has 0 aliphatic carbocycles. The smallest absolute Gasteiger partial charge is 0.506 e. The number of benzene rings is 1. The topological polar surface area (TPSA) is 88.0 Å². The predicted octanol–water partition coefficient (Wildman–Crippen LogP) is 5.17. The first-order chi connectivity index (χ1) is 11.7. The van der Waals surface area contributed by atoms with E-state index in [0.717, 1.165) is 24.1 Å². The van der Waals surface area contributed by atoms with Crippen LogP contribution in [-0.4, -0.2) is 22.0 Å². The Morgan fingerprint density at radius 3 is 2.16 bits per heavy atom. The van der Waals surface area contributed by atoms with E-state index in [4.69, 9.17) is 9.94 Å². The molecule has 0 heterocycles. The standard InChI is InChI=1S/C11H23NO2.C8H8O3/c1-6-8-9(10(13)7-2)12-14-11(3,4)5;9-8(10)11-6-7-4-2-1-3-5-7/h12-13H,6-8H2,1-5H3;1-5H,6H2,(H,9,10). The molecule has 0 aliphatic heterocycles. The lowest BCUT2D eigenvalue weighted by molar-refractivity contribution is -0.0608. The van der Waals surface area contributed by atoms with Crippen LogP contribution in [0.1, 0.15) is 59.4 Å². The van der Waals surface area contributed by atoms with Crippen LogP contribution in [0, 0.1) is 0 Å². The minimum atomic E-state index is -1.24. The van der Waals surface area contributed by atoms with Crippen LogP contribution in [0.25, 0.3) is 0 Å². The Bertz CT molecular complexity index is 520. The van der Waals surface area contributed by atoms with Crippen molar-refractivity contribution in [2.75, 3.05) is 0 Å². The largest absolute Gasteiger partial charge is 0.510 e. The van der Waals surface area contributed by atoms with Gasteiger partial charge >= 0.3 is 6.16 Å². The quantitative estimate of drug-likeness (QED) is 0.356. The summed E-state index contributed by atoms with van der Waals surface area (Å²) in [7, 11) is 0. The van der Waals surface area contributed by atoms with Gasteiger partial charge in [0.2, 0.25) is 0 Å². The fraction of sp³-hybridized carbons (Fsp3) is 0.526.